The average Bonchev–Trinajstić information content (AvgIpc) is 2.69. The lowest BCUT2D eigenvalue weighted by atomic mass is 10.2. The topological polar surface area (TPSA) is 99.2 Å². The van der Waals surface area contributed by atoms with Crippen LogP contribution in [0.2, 0.25) is 0 Å². The van der Waals surface area contributed by atoms with Crippen LogP contribution in [0.1, 0.15) is 0 Å². The van der Waals surface area contributed by atoms with E-state index in [0.717, 1.165) is 8.78 Å². The monoisotopic (exact) mass is 469 g/mol. The van der Waals surface area contributed by atoms with Crippen molar-refractivity contribution in [3.05, 3.63) is 53.0 Å². The summed E-state index contributed by atoms with van der Waals surface area (Å²) in [5.74, 6) is 0.354. The van der Waals surface area contributed by atoms with Crippen LogP contribution in [0.4, 0.5) is 0 Å². The maximum atomic E-state index is 13.0. The van der Waals surface area contributed by atoms with E-state index in [1.807, 2.05) is 17.0 Å². The Morgan fingerprint density at radius 2 is 1.68 bits per heavy atom. The Morgan fingerprint density at radius 3 is 2.25 bits per heavy atom. The summed E-state index contributed by atoms with van der Waals surface area (Å²) in [6, 6.07) is 12.3. The van der Waals surface area contributed by atoms with Gasteiger partial charge in [-0.2, -0.15) is 4.31 Å². The lowest BCUT2D eigenvalue weighted by Crippen LogP contribution is -2.59. The Balaban J connectivity index is 1.81. The van der Waals surface area contributed by atoms with Gasteiger partial charge in [-0.3, -0.25) is 10.0 Å². The van der Waals surface area contributed by atoms with Gasteiger partial charge in [-0.15, -0.1) is 0 Å². The van der Waals surface area contributed by atoms with Crippen LogP contribution in [0.15, 0.2) is 57.9 Å². The third-order valence-corrected chi connectivity index (χ3v) is 6.88. The van der Waals surface area contributed by atoms with E-state index >= 15 is 0 Å². The summed E-state index contributed by atoms with van der Waals surface area (Å²) >= 11 is 3.35. The van der Waals surface area contributed by atoms with Gasteiger partial charge in [-0.1, -0.05) is 15.9 Å². The third kappa shape index (κ3) is 4.53. The van der Waals surface area contributed by atoms with E-state index in [1.165, 1.54) is 12.1 Å². The molecule has 1 fully saturated rings. The molecule has 0 bridgehead atoms. The molecule has 0 aromatic heterocycles. The maximum absolute atomic E-state index is 13.0. The standard InChI is InChI=1S/C18H20BrN3O5S/c1-21-10-11-22(17(12-21)18(23)20-24)28(25,26)16-8-6-15(7-9-16)27-14-4-2-13(19)3-5-14/h2-9,17,24H,10-12H2,1H3,(H,20,23). The first-order chi connectivity index (χ1) is 13.3. The largest absolute Gasteiger partial charge is 0.457 e. The second-order valence-electron chi connectivity index (χ2n) is 6.40. The van der Waals surface area contributed by atoms with Crippen molar-refractivity contribution in [2.45, 2.75) is 10.9 Å². The van der Waals surface area contributed by atoms with Crippen LogP contribution in [-0.4, -0.2) is 61.5 Å². The molecular formula is C18H20BrN3O5S. The van der Waals surface area contributed by atoms with Crippen molar-refractivity contribution in [1.29, 1.82) is 0 Å². The van der Waals surface area contributed by atoms with Crippen LogP contribution in [0.5, 0.6) is 11.5 Å². The molecule has 0 radical (unpaired) electrons. The van der Waals surface area contributed by atoms with Crippen molar-refractivity contribution in [2.24, 2.45) is 0 Å². The molecule has 10 heteroatoms. The van der Waals surface area contributed by atoms with Gasteiger partial charge in [0.15, 0.2) is 0 Å². The molecule has 1 saturated heterocycles. The highest BCUT2D eigenvalue weighted by Gasteiger charge is 2.39. The Hall–Kier alpha value is -1.98. The van der Waals surface area contributed by atoms with Crippen molar-refractivity contribution in [2.75, 3.05) is 26.7 Å². The van der Waals surface area contributed by atoms with E-state index in [2.05, 4.69) is 15.9 Å². The van der Waals surface area contributed by atoms with E-state index in [4.69, 9.17) is 9.94 Å². The second kappa shape index (κ2) is 8.58. The number of amides is 1. The van der Waals surface area contributed by atoms with E-state index in [-0.39, 0.29) is 18.0 Å². The zero-order valence-corrected chi connectivity index (χ0v) is 17.5. The molecule has 1 unspecified atom stereocenters. The molecule has 2 aromatic rings. The molecule has 150 valence electrons. The molecule has 1 atom stereocenters. The number of hydroxylamine groups is 1. The third-order valence-electron chi connectivity index (χ3n) is 4.43. The minimum atomic E-state index is -3.91. The maximum Gasteiger partial charge on any atom is 0.263 e. The second-order valence-corrected chi connectivity index (χ2v) is 9.20. The number of hydrogen-bond donors (Lipinski definition) is 2. The van der Waals surface area contributed by atoms with E-state index in [9.17, 15) is 13.2 Å². The molecule has 1 heterocycles. The fraction of sp³-hybridized carbons (Fsp3) is 0.278. The molecule has 1 amide bonds. The van der Waals surface area contributed by atoms with Crippen LogP contribution in [0, 0.1) is 0 Å². The highest BCUT2D eigenvalue weighted by Crippen LogP contribution is 2.27. The van der Waals surface area contributed by atoms with Crippen molar-refractivity contribution >= 4 is 31.9 Å². The molecule has 2 aromatic carbocycles. The molecule has 1 aliphatic rings. The minimum absolute atomic E-state index is 0.0518. The number of benzene rings is 2. The first-order valence-corrected chi connectivity index (χ1v) is 10.7. The minimum Gasteiger partial charge on any atom is -0.457 e. The fourth-order valence-electron chi connectivity index (χ4n) is 2.93. The number of nitrogens with one attached hydrogen (secondary N) is 1. The first kappa shape index (κ1) is 20.7. The van der Waals surface area contributed by atoms with Gasteiger partial charge in [0, 0.05) is 24.1 Å². The Bertz CT molecular complexity index is 935. The van der Waals surface area contributed by atoms with Crippen LogP contribution >= 0.6 is 15.9 Å². The quantitative estimate of drug-likeness (QED) is 0.513. The molecule has 3 rings (SSSR count). The van der Waals surface area contributed by atoms with Gasteiger partial charge in [0.1, 0.15) is 17.5 Å². The Kier molecular flexibility index (Phi) is 6.36. The Morgan fingerprint density at radius 1 is 1.11 bits per heavy atom. The molecule has 0 spiro atoms. The average molecular weight is 470 g/mol. The van der Waals surface area contributed by atoms with Gasteiger partial charge >= 0.3 is 0 Å². The van der Waals surface area contributed by atoms with Crippen molar-refractivity contribution < 1.29 is 23.2 Å². The Labute approximate surface area is 171 Å². The molecular weight excluding hydrogens is 450 g/mol. The fourth-order valence-corrected chi connectivity index (χ4v) is 4.77. The van der Waals surface area contributed by atoms with Gasteiger partial charge in [0.25, 0.3) is 5.91 Å². The summed E-state index contributed by atoms with van der Waals surface area (Å²) in [7, 11) is -2.12. The van der Waals surface area contributed by atoms with Crippen LogP contribution in [0.25, 0.3) is 0 Å². The van der Waals surface area contributed by atoms with Gasteiger partial charge in [-0.05, 0) is 55.6 Å². The lowest BCUT2D eigenvalue weighted by Gasteiger charge is -2.37. The smallest absolute Gasteiger partial charge is 0.263 e. The highest BCUT2D eigenvalue weighted by atomic mass is 79.9. The summed E-state index contributed by atoms with van der Waals surface area (Å²) in [5, 5.41) is 8.96. The number of rotatable bonds is 5. The number of halogens is 1. The van der Waals surface area contributed by atoms with Gasteiger partial charge in [-0.25, -0.2) is 13.9 Å². The van der Waals surface area contributed by atoms with Crippen molar-refractivity contribution in [3.8, 4) is 11.5 Å². The molecule has 2 N–H and O–H groups in total. The predicted molar refractivity (Wildman–Crippen MR) is 106 cm³/mol. The van der Waals surface area contributed by atoms with E-state index in [0.29, 0.717) is 18.0 Å². The van der Waals surface area contributed by atoms with Gasteiger partial charge in [0.2, 0.25) is 10.0 Å². The van der Waals surface area contributed by atoms with Crippen molar-refractivity contribution in [1.82, 2.24) is 14.7 Å². The number of piperazine rings is 1. The molecule has 28 heavy (non-hydrogen) atoms. The van der Waals surface area contributed by atoms with Gasteiger partial charge < -0.3 is 9.64 Å². The number of sulfonamides is 1. The van der Waals surface area contributed by atoms with Crippen molar-refractivity contribution in [3.63, 3.8) is 0 Å². The van der Waals surface area contributed by atoms with Crippen LogP contribution in [-0.2, 0) is 14.8 Å². The molecule has 1 aliphatic heterocycles. The lowest BCUT2D eigenvalue weighted by molar-refractivity contribution is -0.134. The number of carbonyl (C=O) groups excluding carboxylic acids is 1. The van der Waals surface area contributed by atoms with E-state index < -0.39 is 22.0 Å². The highest BCUT2D eigenvalue weighted by molar-refractivity contribution is 9.10. The van der Waals surface area contributed by atoms with E-state index in [1.54, 1.807) is 36.8 Å². The predicted octanol–water partition coefficient (Wildman–Crippen LogP) is 2.05. The zero-order chi connectivity index (χ0) is 20.3. The number of hydrogen-bond acceptors (Lipinski definition) is 6. The zero-order valence-electron chi connectivity index (χ0n) is 15.1. The molecule has 8 nitrogen and oxygen atoms in total. The molecule has 0 saturated carbocycles. The number of carbonyl (C=O) groups is 1. The van der Waals surface area contributed by atoms with Crippen LogP contribution < -0.4 is 10.2 Å². The number of likely N-dealkylation sites (N-methyl/N-ethyl adjacent to an activating group) is 1. The molecule has 0 aliphatic carbocycles. The SMILES string of the molecule is CN1CCN(S(=O)(=O)c2ccc(Oc3ccc(Br)cc3)cc2)C(C(=O)NO)C1. The van der Waals surface area contributed by atoms with Gasteiger partial charge in [0.05, 0.1) is 4.90 Å². The summed E-state index contributed by atoms with van der Waals surface area (Å²) in [6.07, 6.45) is 0. The summed E-state index contributed by atoms with van der Waals surface area (Å²) in [6.45, 7) is 0.823. The summed E-state index contributed by atoms with van der Waals surface area (Å²) in [5.41, 5.74) is 1.55. The first-order valence-electron chi connectivity index (χ1n) is 8.49. The summed E-state index contributed by atoms with van der Waals surface area (Å²) in [4.78, 5) is 13.9. The number of nitrogens with zero attached hydrogens (tertiary/aromatic N) is 2. The summed E-state index contributed by atoms with van der Waals surface area (Å²) < 4.78 is 33.8. The van der Waals surface area contributed by atoms with Crippen LogP contribution in [0.3, 0.4) is 0 Å². The number of ether oxygens (including phenoxy) is 1. The normalized spacial score (nSPS) is 18.6.